The van der Waals surface area contributed by atoms with Crippen molar-refractivity contribution < 1.29 is 13.2 Å². The summed E-state index contributed by atoms with van der Waals surface area (Å²) in [5.41, 5.74) is 0. The van der Waals surface area contributed by atoms with E-state index in [-0.39, 0.29) is 11.8 Å². The maximum Gasteiger partial charge on any atom is 0.252 e. The summed E-state index contributed by atoms with van der Waals surface area (Å²) >= 11 is 1.22. The van der Waals surface area contributed by atoms with Crippen LogP contribution in [-0.2, 0) is 14.8 Å². The number of amides is 1. The van der Waals surface area contributed by atoms with Crippen LogP contribution in [0, 0.1) is 5.92 Å². The first-order valence-electron chi connectivity index (χ1n) is 7.87. The van der Waals surface area contributed by atoms with Crippen LogP contribution in [0.15, 0.2) is 21.7 Å². The molecular weight excluding hydrogens is 320 g/mol. The molecule has 7 heteroatoms. The smallest absolute Gasteiger partial charge is 0.252 e. The van der Waals surface area contributed by atoms with E-state index in [1.165, 1.54) is 15.6 Å². The third-order valence-electron chi connectivity index (χ3n) is 3.92. The van der Waals surface area contributed by atoms with E-state index in [1.54, 1.807) is 17.5 Å². The van der Waals surface area contributed by atoms with E-state index >= 15 is 0 Å². The molecule has 0 spiro atoms. The Hall–Kier alpha value is -0.920. The zero-order valence-corrected chi connectivity index (χ0v) is 14.6. The molecule has 1 amide bonds. The normalized spacial score (nSPS) is 20.0. The highest BCUT2D eigenvalue weighted by Crippen LogP contribution is 2.26. The molecule has 124 valence electrons. The molecule has 5 nitrogen and oxygen atoms in total. The van der Waals surface area contributed by atoms with Gasteiger partial charge in [-0.1, -0.05) is 25.8 Å². The minimum absolute atomic E-state index is 0.0119. The Labute approximate surface area is 136 Å². The molecule has 0 bridgehead atoms. The van der Waals surface area contributed by atoms with Gasteiger partial charge in [-0.15, -0.1) is 11.3 Å². The van der Waals surface area contributed by atoms with Crippen molar-refractivity contribution in [3.63, 3.8) is 0 Å². The van der Waals surface area contributed by atoms with E-state index in [2.05, 4.69) is 12.2 Å². The predicted octanol–water partition coefficient (Wildman–Crippen LogP) is 2.46. The van der Waals surface area contributed by atoms with Gasteiger partial charge in [-0.2, -0.15) is 4.31 Å². The number of nitrogens with zero attached hydrogens (tertiary/aromatic N) is 1. The van der Waals surface area contributed by atoms with E-state index in [0.29, 0.717) is 23.8 Å². The SMILES string of the molecule is CCCCCNC(=O)C1CCCN(S(=O)(=O)c2cccs2)C1. The number of carbonyl (C=O) groups excluding carboxylic acids is 1. The zero-order chi connectivity index (χ0) is 16.0. The van der Waals surface area contributed by atoms with Gasteiger partial charge in [0.25, 0.3) is 10.0 Å². The Morgan fingerprint density at radius 2 is 2.27 bits per heavy atom. The summed E-state index contributed by atoms with van der Waals surface area (Å²) in [6, 6.07) is 3.36. The predicted molar refractivity (Wildman–Crippen MR) is 88.3 cm³/mol. The lowest BCUT2D eigenvalue weighted by atomic mass is 9.99. The van der Waals surface area contributed by atoms with Crippen molar-refractivity contribution in [2.24, 2.45) is 5.92 Å². The van der Waals surface area contributed by atoms with Gasteiger partial charge in [0.15, 0.2) is 0 Å². The summed E-state index contributed by atoms with van der Waals surface area (Å²) in [4.78, 5) is 12.2. The van der Waals surface area contributed by atoms with E-state index in [4.69, 9.17) is 0 Å². The van der Waals surface area contributed by atoms with Gasteiger partial charge in [-0.05, 0) is 30.7 Å². The van der Waals surface area contributed by atoms with Crippen LogP contribution in [0.5, 0.6) is 0 Å². The highest BCUT2D eigenvalue weighted by atomic mass is 32.2. The van der Waals surface area contributed by atoms with Crippen molar-refractivity contribution in [2.75, 3.05) is 19.6 Å². The minimum atomic E-state index is -3.44. The van der Waals surface area contributed by atoms with Crippen molar-refractivity contribution in [2.45, 2.75) is 43.2 Å². The van der Waals surface area contributed by atoms with Crippen LogP contribution in [0.1, 0.15) is 39.0 Å². The van der Waals surface area contributed by atoms with Gasteiger partial charge in [0.1, 0.15) is 4.21 Å². The highest BCUT2D eigenvalue weighted by Gasteiger charge is 2.33. The first-order valence-corrected chi connectivity index (χ1v) is 10.2. The maximum absolute atomic E-state index is 12.5. The second-order valence-electron chi connectivity index (χ2n) is 5.63. The molecule has 1 unspecified atom stereocenters. The standard InChI is InChI=1S/C15H24N2O3S2/c1-2-3-4-9-16-15(18)13-7-5-10-17(12-13)22(19,20)14-8-6-11-21-14/h6,8,11,13H,2-5,7,9-10,12H2,1H3,(H,16,18). The molecule has 2 rings (SSSR count). The number of nitrogens with one attached hydrogen (secondary N) is 1. The first kappa shape index (κ1) is 17.4. The Morgan fingerprint density at radius 1 is 1.45 bits per heavy atom. The third kappa shape index (κ3) is 4.30. The zero-order valence-electron chi connectivity index (χ0n) is 13.0. The molecule has 1 fully saturated rings. The summed E-state index contributed by atoms with van der Waals surface area (Å²) in [5.74, 6) is -0.243. The molecular formula is C15H24N2O3S2. The topological polar surface area (TPSA) is 66.5 Å². The molecule has 1 N–H and O–H groups in total. The molecule has 1 aromatic rings. The second kappa shape index (κ2) is 8.08. The van der Waals surface area contributed by atoms with Crippen LogP contribution < -0.4 is 5.32 Å². The number of hydrogen-bond acceptors (Lipinski definition) is 4. The monoisotopic (exact) mass is 344 g/mol. The van der Waals surface area contributed by atoms with Crippen molar-refractivity contribution >= 4 is 27.3 Å². The number of rotatable bonds is 7. The van der Waals surface area contributed by atoms with Crippen LogP contribution in [0.3, 0.4) is 0 Å². The average molecular weight is 345 g/mol. The van der Waals surface area contributed by atoms with Gasteiger partial charge in [0, 0.05) is 19.6 Å². The summed E-state index contributed by atoms with van der Waals surface area (Å²) < 4.78 is 26.9. The van der Waals surface area contributed by atoms with E-state index in [0.717, 1.165) is 32.1 Å². The molecule has 1 saturated heterocycles. The molecule has 0 aliphatic carbocycles. The summed E-state index contributed by atoms with van der Waals surface area (Å²) in [7, 11) is -3.44. The number of sulfonamides is 1. The van der Waals surface area contributed by atoms with Crippen LogP contribution >= 0.6 is 11.3 Å². The third-order valence-corrected chi connectivity index (χ3v) is 7.16. The Kier molecular flexibility index (Phi) is 6.40. The van der Waals surface area contributed by atoms with Crippen LogP contribution in [0.25, 0.3) is 0 Å². The summed E-state index contributed by atoms with van der Waals surface area (Å²) in [6.45, 7) is 3.59. The Bertz CT molecular complexity index is 570. The number of unbranched alkanes of at least 4 members (excludes halogenated alkanes) is 2. The number of carbonyl (C=O) groups is 1. The van der Waals surface area contributed by atoms with Gasteiger partial charge in [0.2, 0.25) is 5.91 Å². The van der Waals surface area contributed by atoms with Crippen molar-refractivity contribution in [3.8, 4) is 0 Å². The van der Waals surface area contributed by atoms with Crippen LogP contribution in [0.2, 0.25) is 0 Å². The minimum Gasteiger partial charge on any atom is -0.356 e. The maximum atomic E-state index is 12.5. The Morgan fingerprint density at radius 3 is 2.95 bits per heavy atom. The largest absolute Gasteiger partial charge is 0.356 e. The van der Waals surface area contributed by atoms with Crippen molar-refractivity contribution in [1.82, 2.24) is 9.62 Å². The van der Waals surface area contributed by atoms with E-state index in [1.807, 2.05) is 0 Å². The molecule has 1 aliphatic heterocycles. The molecule has 2 heterocycles. The Balaban J connectivity index is 1.93. The fourth-order valence-corrected chi connectivity index (χ4v) is 5.31. The number of hydrogen-bond donors (Lipinski definition) is 1. The fraction of sp³-hybridized carbons (Fsp3) is 0.667. The van der Waals surface area contributed by atoms with Gasteiger partial charge in [0.05, 0.1) is 5.92 Å². The number of piperidine rings is 1. The lowest BCUT2D eigenvalue weighted by Crippen LogP contribution is -2.45. The molecule has 1 aromatic heterocycles. The lowest BCUT2D eigenvalue weighted by Gasteiger charge is -2.30. The van der Waals surface area contributed by atoms with Gasteiger partial charge >= 0.3 is 0 Å². The lowest BCUT2D eigenvalue weighted by molar-refractivity contribution is -0.126. The van der Waals surface area contributed by atoms with Crippen molar-refractivity contribution in [1.29, 1.82) is 0 Å². The summed E-state index contributed by atoms with van der Waals surface area (Å²) in [6.07, 6.45) is 4.69. The van der Waals surface area contributed by atoms with E-state index < -0.39 is 10.0 Å². The molecule has 0 aromatic carbocycles. The molecule has 0 radical (unpaired) electrons. The molecule has 0 saturated carbocycles. The molecule has 22 heavy (non-hydrogen) atoms. The van der Waals surface area contributed by atoms with Gasteiger partial charge < -0.3 is 5.32 Å². The first-order chi connectivity index (χ1) is 10.6. The molecule has 1 atom stereocenters. The quantitative estimate of drug-likeness (QED) is 0.773. The average Bonchev–Trinajstić information content (AvgIpc) is 3.06. The number of thiophene rings is 1. The van der Waals surface area contributed by atoms with Crippen LogP contribution in [0.4, 0.5) is 0 Å². The van der Waals surface area contributed by atoms with E-state index in [9.17, 15) is 13.2 Å². The van der Waals surface area contributed by atoms with Gasteiger partial charge in [-0.25, -0.2) is 8.42 Å². The van der Waals surface area contributed by atoms with Crippen molar-refractivity contribution in [3.05, 3.63) is 17.5 Å². The van der Waals surface area contributed by atoms with Crippen LogP contribution in [-0.4, -0.2) is 38.3 Å². The van der Waals surface area contributed by atoms with Gasteiger partial charge in [-0.3, -0.25) is 4.79 Å². The highest BCUT2D eigenvalue weighted by molar-refractivity contribution is 7.91. The molecule has 1 aliphatic rings. The summed E-state index contributed by atoms with van der Waals surface area (Å²) in [5, 5.41) is 4.69. The fourth-order valence-electron chi connectivity index (χ4n) is 2.64. The second-order valence-corrected chi connectivity index (χ2v) is 8.74.